The van der Waals surface area contributed by atoms with Gasteiger partial charge in [-0.15, -0.1) is 0 Å². The zero-order valence-corrected chi connectivity index (χ0v) is 15.2. The Labute approximate surface area is 157 Å². The van der Waals surface area contributed by atoms with E-state index in [1.807, 2.05) is 4.90 Å². The number of ether oxygens (including phenoxy) is 1. The van der Waals surface area contributed by atoms with Gasteiger partial charge in [-0.1, -0.05) is 6.42 Å². The minimum Gasteiger partial charge on any atom is -0.378 e. The number of nitrogens with one attached hydrogen (secondary N) is 1. The lowest BCUT2D eigenvalue weighted by atomic mass is 9.86. The lowest BCUT2D eigenvalue weighted by Gasteiger charge is -2.31. The second-order valence-electron chi connectivity index (χ2n) is 8.02. The van der Waals surface area contributed by atoms with Crippen molar-refractivity contribution in [3.63, 3.8) is 0 Å². The van der Waals surface area contributed by atoms with Crippen LogP contribution in [-0.2, 0) is 15.7 Å². The van der Waals surface area contributed by atoms with Gasteiger partial charge in [-0.2, -0.15) is 13.2 Å². The molecule has 27 heavy (non-hydrogen) atoms. The second-order valence-corrected chi connectivity index (χ2v) is 8.02. The van der Waals surface area contributed by atoms with Gasteiger partial charge in [-0.3, -0.25) is 4.79 Å². The maximum absolute atomic E-state index is 13.2. The number of halogens is 3. The predicted octanol–water partition coefficient (Wildman–Crippen LogP) is 4.31. The molecule has 1 aromatic carbocycles. The number of amides is 1. The smallest absolute Gasteiger partial charge is 0.378 e. The summed E-state index contributed by atoms with van der Waals surface area (Å²) in [5.74, 6) is 1.55. The SMILES string of the molecule is O=C(C[C@@H]1C[C@H]2CC[C@@H]1C2)Nc1cc(C(F)(F)F)ccc1N1CCOCC1. The minimum absolute atomic E-state index is 0.179. The molecule has 148 valence electrons. The summed E-state index contributed by atoms with van der Waals surface area (Å²) in [4.78, 5) is 14.6. The monoisotopic (exact) mass is 382 g/mol. The lowest BCUT2D eigenvalue weighted by molar-refractivity contribution is -0.137. The van der Waals surface area contributed by atoms with Gasteiger partial charge < -0.3 is 15.0 Å². The number of anilines is 2. The molecule has 1 heterocycles. The number of alkyl halides is 3. The Morgan fingerprint density at radius 1 is 1.19 bits per heavy atom. The molecule has 2 bridgehead atoms. The topological polar surface area (TPSA) is 41.6 Å². The van der Waals surface area contributed by atoms with Crippen molar-refractivity contribution in [1.82, 2.24) is 0 Å². The Bertz CT molecular complexity index is 701. The summed E-state index contributed by atoms with van der Waals surface area (Å²) in [6, 6.07) is 3.60. The van der Waals surface area contributed by atoms with E-state index in [9.17, 15) is 18.0 Å². The normalized spacial score (nSPS) is 27.8. The highest BCUT2D eigenvalue weighted by molar-refractivity contribution is 5.94. The molecule has 1 N–H and O–H groups in total. The summed E-state index contributed by atoms with van der Waals surface area (Å²) in [6.07, 6.45) is 0.702. The number of benzene rings is 1. The van der Waals surface area contributed by atoms with Crippen molar-refractivity contribution in [1.29, 1.82) is 0 Å². The third-order valence-corrected chi connectivity index (χ3v) is 6.28. The highest BCUT2D eigenvalue weighted by Gasteiger charge is 2.40. The first kappa shape index (κ1) is 18.6. The van der Waals surface area contributed by atoms with E-state index in [4.69, 9.17) is 4.74 Å². The summed E-state index contributed by atoms with van der Waals surface area (Å²) in [5.41, 5.74) is 0.141. The number of hydrogen-bond acceptors (Lipinski definition) is 3. The van der Waals surface area contributed by atoms with Gasteiger partial charge in [0.05, 0.1) is 30.2 Å². The maximum Gasteiger partial charge on any atom is 0.416 e. The first-order chi connectivity index (χ1) is 12.9. The zero-order chi connectivity index (χ0) is 19.0. The van der Waals surface area contributed by atoms with Gasteiger partial charge in [0.2, 0.25) is 5.91 Å². The standard InChI is InChI=1S/C20H25F3N2O2/c21-20(22,23)16-3-4-18(25-5-7-27-8-6-25)17(12-16)24-19(26)11-15-10-13-1-2-14(15)9-13/h3-4,12-15H,1-2,5-11H2,(H,24,26)/t13-,14+,15-/m0/s1. The van der Waals surface area contributed by atoms with Crippen molar-refractivity contribution in [3.8, 4) is 0 Å². The molecule has 0 radical (unpaired) electrons. The Morgan fingerprint density at radius 3 is 2.59 bits per heavy atom. The summed E-state index contributed by atoms with van der Waals surface area (Å²) in [5, 5.41) is 2.79. The molecule has 4 nitrogen and oxygen atoms in total. The van der Waals surface area contributed by atoms with Crippen LogP contribution in [0.1, 0.15) is 37.7 Å². The average molecular weight is 382 g/mol. The Hall–Kier alpha value is -1.76. The number of nitrogens with zero attached hydrogens (tertiary/aromatic N) is 1. The van der Waals surface area contributed by atoms with E-state index in [0.717, 1.165) is 24.5 Å². The van der Waals surface area contributed by atoms with Gasteiger partial charge in [0.15, 0.2) is 0 Å². The molecule has 0 aromatic heterocycles. The lowest BCUT2D eigenvalue weighted by Crippen LogP contribution is -2.37. The molecule has 1 amide bonds. The van der Waals surface area contributed by atoms with E-state index < -0.39 is 11.7 Å². The summed E-state index contributed by atoms with van der Waals surface area (Å²) >= 11 is 0. The largest absolute Gasteiger partial charge is 0.416 e. The summed E-state index contributed by atoms with van der Waals surface area (Å²) < 4.78 is 44.8. The fourth-order valence-electron chi connectivity index (χ4n) is 4.96. The van der Waals surface area contributed by atoms with Crippen molar-refractivity contribution in [2.45, 2.75) is 38.3 Å². The predicted molar refractivity (Wildman–Crippen MR) is 96.7 cm³/mol. The van der Waals surface area contributed by atoms with Crippen LogP contribution in [0.5, 0.6) is 0 Å². The number of carbonyl (C=O) groups excluding carboxylic acids is 1. The molecule has 7 heteroatoms. The van der Waals surface area contributed by atoms with Crippen molar-refractivity contribution < 1.29 is 22.7 Å². The maximum atomic E-state index is 13.2. The van der Waals surface area contributed by atoms with Gasteiger partial charge in [0, 0.05) is 19.5 Å². The first-order valence-electron chi connectivity index (χ1n) is 9.74. The average Bonchev–Trinajstić information content (AvgIpc) is 3.24. The Balaban J connectivity index is 1.52. The molecule has 1 saturated heterocycles. The molecule has 3 aliphatic rings. The van der Waals surface area contributed by atoms with E-state index >= 15 is 0 Å². The van der Waals surface area contributed by atoms with Crippen LogP contribution in [0.2, 0.25) is 0 Å². The van der Waals surface area contributed by atoms with Gasteiger partial charge in [-0.05, 0) is 55.2 Å². The van der Waals surface area contributed by atoms with Gasteiger partial charge >= 0.3 is 6.18 Å². The van der Waals surface area contributed by atoms with E-state index in [1.165, 1.54) is 25.3 Å². The number of morpholine rings is 1. The fraction of sp³-hybridized carbons (Fsp3) is 0.650. The molecule has 1 aromatic rings. The van der Waals surface area contributed by atoms with Crippen LogP contribution in [-0.4, -0.2) is 32.2 Å². The van der Waals surface area contributed by atoms with E-state index in [0.29, 0.717) is 50.2 Å². The van der Waals surface area contributed by atoms with Gasteiger partial charge in [-0.25, -0.2) is 0 Å². The van der Waals surface area contributed by atoms with Crippen LogP contribution in [0.3, 0.4) is 0 Å². The molecule has 3 fully saturated rings. The van der Waals surface area contributed by atoms with Gasteiger partial charge in [0.25, 0.3) is 0 Å². The quantitative estimate of drug-likeness (QED) is 0.844. The van der Waals surface area contributed by atoms with Gasteiger partial charge in [0.1, 0.15) is 0 Å². The Morgan fingerprint density at radius 2 is 1.96 bits per heavy atom. The van der Waals surface area contributed by atoms with Crippen LogP contribution >= 0.6 is 0 Å². The zero-order valence-electron chi connectivity index (χ0n) is 15.2. The summed E-state index contributed by atoms with van der Waals surface area (Å²) in [7, 11) is 0. The number of hydrogen-bond donors (Lipinski definition) is 1. The molecular formula is C20H25F3N2O2. The molecule has 2 saturated carbocycles. The van der Waals surface area contributed by atoms with E-state index in [2.05, 4.69) is 5.32 Å². The van der Waals surface area contributed by atoms with Crippen LogP contribution in [0.15, 0.2) is 18.2 Å². The molecule has 4 rings (SSSR count). The molecule has 3 atom stereocenters. The molecule has 0 unspecified atom stereocenters. The van der Waals surface area contributed by atoms with Crippen molar-refractivity contribution in [2.75, 3.05) is 36.5 Å². The number of fused-ring (bicyclic) bond motifs is 2. The van der Waals surface area contributed by atoms with Crippen molar-refractivity contribution in [2.24, 2.45) is 17.8 Å². The van der Waals surface area contributed by atoms with E-state index in [1.54, 1.807) is 0 Å². The minimum atomic E-state index is -4.44. The van der Waals surface area contributed by atoms with Crippen molar-refractivity contribution in [3.05, 3.63) is 23.8 Å². The van der Waals surface area contributed by atoms with Crippen molar-refractivity contribution >= 4 is 17.3 Å². The number of carbonyl (C=O) groups is 1. The van der Waals surface area contributed by atoms with Crippen LogP contribution in [0, 0.1) is 17.8 Å². The van der Waals surface area contributed by atoms with E-state index in [-0.39, 0.29) is 11.6 Å². The number of rotatable bonds is 4. The summed E-state index contributed by atoms with van der Waals surface area (Å²) in [6.45, 7) is 2.25. The molecular weight excluding hydrogens is 357 g/mol. The Kier molecular flexibility index (Phi) is 5.05. The molecule has 0 spiro atoms. The highest BCUT2D eigenvalue weighted by atomic mass is 19.4. The molecule has 2 aliphatic carbocycles. The first-order valence-corrected chi connectivity index (χ1v) is 9.74. The fourth-order valence-corrected chi connectivity index (χ4v) is 4.96. The second kappa shape index (κ2) is 7.34. The third kappa shape index (κ3) is 4.08. The van der Waals surface area contributed by atoms with Crippen LogP contribution in [0.4, 0.5) is 24.5 Å². The highest BCUT2D eigenvalue weighted by Crippen LogP contribution is 2.49. The van der Waals surface area contributed by atoms with Crippen LogP contribution in [0.25, 0.3) is 0 Å². The van der Waals surface area contributed by atoms with Crippen LogP contribution < -0.4 is 10.2 Å². The molecule has 1 aliphatic heterocycles. The third-order valence-electron chi connectivity index (χ3n) is 6.28.